The molecule has 25 heavy (non-hydrogen) atoms. The highest BCUT2D eigenvalue weighted by molar-refractivity contribution is 7.99. The third kappa shape index (κ3) is 6.71. The molecular formula is C16H21N5O2S2. The van der Waals surface area contributed by atoms with Crippen LogP contribution in [0, 0.1) is 6.92 Å². The number of carbonyl (C=O) groups is 2. The maximum atomic E-state index is 11.8. The van der Waals surface area contributed by atoms with E-state index in [2.05, 4.69) is 32.4 Å². The fraction of sp³-hybridized carbons (Fsp3) is 0.312. The van der Waals surface area contributed by atoms with Crippen LogP contribution in [0.4, 0.5) is 10.5 Å². The molecule has 7 nitrogen and oxygen atoms in total. The predicted octanol–water partition coefficient (Wildman–Crippen LogP) is 2.57. The molecule has 0 aliphatic rings. The van der Waals surface area contributed by atoms with Gasteiger partial charge in [-0.15, -0.1) is 0 Å². The average molecular weight is 380 g/mol. The van der Waals surface area contributed by atoms with E-state index in [0.29, 0.717) is 10.8 Å². The number of para-hydroxylation sites is 1. The number of hydrogen-bond donors (Lipinski definition) is 4. The maximum Gasteiger partial charge on any atom is 0.337 e. The summed E-state index contributed by atoms with van der Waals surface area (Å²) in [7, 11) is 0. The van der Waals surface area contributed by atoms with E-state index in [1.54, 1.807) is 23.9 Å². The van der Waals surface area contributed by atoms with Gasteiger partial charge in [0.2, 0.25) is 5.91 Å². The lowest BCUT2D eigenvalue weighted by atomic mass is 10.3. The van der Waals surface area contributed by atoms with Crippen molar-refractivity contribution in [1.82, 2.24) is 20.8 Å². The molecule has 0 aliphatic heterocycles. The molecule has 0 fully saturated rings. The van der Waals surface area contributed by atoms with Gasteiger partial charge in [-0.25, -0.2) is 15.2 Å². The number of benzene rings is 1. The molecule has 134 valence electrons. The molecule has 0 spiro atoms. The second kappa shape index (κ2) is 10.00. The Morgan fingerprint density at radius 2 is 1.96 bits per heavy atom. The molecule has 0 radical (unpaired) electrons. The van der Waals surface area contributed by atoms with Gasteiger partial charge < -0.3 is 10.3 Å². The van der Waals surface area contributed by atoms with Gasteiger partial charge in [0.1, 0.15) is 0 Å². The summed E-state index contributed by atoms with van der Waals surface area (Å²) in [5.74, 6) is 0.852. The maximum absolute atomic E-state index is 11.8. The number of carbonyl (C=O) groups excluding carboxylic acids is 2. The molecule has 0 unspecified atom stereocenters. The summed E-state index contributed by atoms with van der Waals surface area (Å²) in [5, 5.41) is 3.32. The number of aromatic nitrogens is 2. The number of anilines is 1. The Bertz CT molecular complexity index is 706. The number of amides is 3. The van der Waals surface area contributed by atoms with Crippen LogP contribution in [0.5, 0.6) is 0 Å². The number of rotatable bonds is 7. The Morgan fingerprint density at radius 1 is 1.20 bits per heavy atom. The summed E-state index contributed by atoms with van der Waals surface area (Å²) in [4.78, 5) is 31.1. The van der Waals surface area contributed by atoms with Crippen LogP contribution in [-0.2, 0) is 11.2 Å². The molecule has 0 aliphatic carbocycles. The summed E-state index contributed by atoms with van der Waals surface area (Å²) in [6.45, 7) is 1.97. The first kappa shape index (κ1) is 19.2. The quantitative estimate of drug-likeness (QED) is 0.438. The lowest BCUT2D eigenvalue weighted by Crippen LogP contribution is -2.44. The number of nitrogens with one attached hydrogen (secondary N) is 4. The van der Waals surface area contributed by atoms with Crippen molar-refractivity contribution in [3.05, 3.63) is 41.7 Å². The summed E-state index contributed by atoms with van der Waals surface area (Å²) in [5.41, 5.74) is 7.37. The Labute approximate surface area is 155 Å². The van der Waals surface area contributed by atoms with Crippen LogP contribution in [0.15, 0.2) is 35.5 Å². The van der Waals surface area contributed by atoms with Crippen molar-refractivity contribution < 1.29 is 9.59 Å². The van der Waals surface area contributed by atoms with Crippen molar-refractivity contribution in [2.45, 2.75) is 18.5 Å². The fourth-order valence-electron chi connectivity index (χ4n) is 1.96. The van der Waals surface area contributed by atoms with Gasteiger partial charge in [-0.05, 0) is 31.1 Å². The minimum absolute atomic E-state index is 0.153. The Kier molecular flexibility index (Phi) is 7.68. The highest BCUT2D eigenvalue weighted by Crippen LogP contribution is 2.17. The zero-order valence-corrected chi connectivity index (χ0v) is 15.7. The Hall–Kier alpha value is -2.13. The molecule has 3 amide bonds. The van der Waals surface area contributed by atoms with E-state index in [9.17, 15) is 9.59 Å². The number of urea groups is 1. The van der Waals surface area contributed by atoms with Crippen LogP contribution in [-0.4, -0.2) is 39.7 Å². The molecule has 2 rings (SSSR count). The second-order valence-corrected chi connectivity index (χ2v) is 7.09. The van der Waals surface area contributed by atoms with Gasteiger partial charge >= 0.3 is 6.03 Å². The fourth-order valence-corrected chi connectivity index (χ4v) is 3.10. The van der Waals surface area contributed by atoms with Gasteiger partial charge in [-0.1, -0.05) is 30.0 Å². The van der Waals surface area contributed by atoms with Gasteiger partial charge in [0.15, 0.2) is 5.16 Å². The highest BCUT2D eigenvalue weighted by atomic mass is 32.2. The van der Waals surface area contributed by atoms with Crippen molar-refractivity contribution in [3.63, 3.8) is 0 Å². The molecule has 1 aromatic carbocycles. The number of nitrogens with zero attached hydrogens (tertiary/aromatic N) is 1. The SMILES string of the molecule is CSCCc1nc(SCC(=O)NNC(=O)Nc2ccccc2)[nH]c1C. The van der Waals surface area contributed by atoms with Crippen LogP contribution in [0.2, 0.25) is 0 Å². The average Bonchev–Trinajstić information content (AvgIpc) is 2.97. The first-order valence-electron chi connectivity index (χ1n) is 7.66. The van der Waals surface area contributed by atoms with Gasteiger partial charge in [0.25, 0.3) is 0 Å². The predicted molar refractivity (Wildman–Crippen MR) is 103 cm³/mol. The molecule has 0 saturated carbocycles. The largest absolute Gasteiger partial charge is 0.337 e. The Morgan fingerprint density at radius 3 is 2.68 bits per heavy atom. The van der Waals surface area contributed by atoms with E-state index < -0.39 is 6.03 Å². The van der Waals surface area contributed by atoms with Crippen LogP contribution >= 0.6 is 23.5 Å². The number of aryl methyl sites for hydroxylation is 2. The molecule has 0 atom stereocenters. The van der Waals surface area contributed by atoms with Gasteiger partial charge in [-0.3, -0.25) is 10.2 Å². The third-order valence-electron chi connectivity index (χ3n) is 3.19. The van der Waals surface area contributed by atoms with Crippen LogP contribution in [0.25, 0.3) is 0 Å². The number of imidazole rings is 1. The van der Waals surface area contributed by atoms with Crippen LogP contribution in [0.1, 0.15) is 11.4 Å². The number of aromatic amines is 1. The standard InChI is InChI=1S/C16H21N5O2S2/c1-11-13(8-9-24-2)19-16(17-11)25-10-14(22)20-21-15(23)18-12-6-4-3-5-7-12/h3-7H,8-10H2,1-2H3,(H,17,19)(H,20,22)(H2,18,21,23). The van der Waals surface area contributed by atoms with Crippen molar-refractivity contribution in [2.75, 3.05) is 23.1 Å². The van der Waals surface area contributed by atoms with E-state index in [-0.39, 0.29) is 11.7 Å². The monoisotopic (exact) mass is 379 g/mol. The molecule has 0 bridgehead atoms. The van der Waals surface area contributed by atoms with Crippen molar-refractivity contribution in [3.8, 4) is 0 Å². The summed E-state index contributed by atoms with van der Waals surface area (Å²) in [6.07, 6.45) is 2.96. The summed E-state index contributed by atoms with van der Waals surface area (Å²) in [6, 6.07) is 8.48. The Balaban J connectivity index is 1.71. The minimum atomic E-state index is -0.502. The van der Waals surface area contributed by atoms with Gasteiger partial charge in [-0.2, -0.15) is 11.8 Å². The van der Waals surface area contributed by atoms with Crippen LogP contribution < -0.4 is 16.2 Å². The zero-order valence-electron chi connectivity index (χ0n) is 14.1. The molecule has 1 heterocycles. The van der Waals surface area contributed by atoms with Crippen molar-refractivity contribution >= 4 is 41.1 Å². The number of H-pyrrole nitrogens is 1. The summed E-state index contributed by atoms with van der Waals surface area (Å²) < 4.78 is 0. The smallest absolute Gasteiger partial charge is 0.337 e. The first-order valence-corrected chi connectivity index (χ1v) is 10.0. The van der Waals surface area contributed by atoms with E-state index in [1.807, 2.05) is 25.1 Å². The topological polar surface area (TPSA) is 98.9 Å². The number of hydrazine groups is 1. The molecule has 0 saturated heterocycles. The van der Waals surface area contributed by atoms with E-state index in [4.69, 9.17) is 0 Å². The lowest BCUT2D eigenvalue weighted by Gasteiger charge is -2.08. The number of hydrogen-bond acceptors (Lipinski definition) is 5. The van der Waals surface area contributed by atoms with Gasteiger partial charge in [0, 0.05) is 17.8 Å². The highest BCUT2D eigenvalue weighted by Gasteiger charge is 2.10. The number of thioether (sulfide) groups is 2. The molecule has 2 aromatic rings. The van der Waals surface area contributed by atoms with E-state index in [0.717, 1.165) is 23.6 Å². The molecule has 4 N–H and O–H groups in total. The summed E-state index contributed by atoms with van der Waals surface area (Å²) >= 11 is 3.07. The molecular weight excluding hydrogens is 358 g/mol. The third-order valence-corrected chi connectivity index (χ3v) is 4.68. The normalized spacial score (nSPS) is 10.3. The molecule has 9 heteroatoms. The molecule has 1 aromatic heterocycles. The second-order valence-electron chi connectivity index (χ2n) is 5.14. The van der Waals surface area contributed by atoms with Crippen molar-refractivity contribution in [2.24, 2.45) is 0 Å². The van der Waals surface area contributed by atoms with Crippen LogP contribution in [0.3, 0.4) is 0 Å². The zero-order chi connectivity index (χ0) is 18.1. The van der Waals surface area contributed by atoms with E-state index >= 15 is 0 Å². The van der Waals surface area contributed by atoms with E-state index in [1.165, 1.54) is 11.8 Å². The van der Waals surface area contributed by atoms with Gasteiger partial charge in [0.05, 0.1) is 11.4 Å². The minimum Gasteiger partial charge on any atom is -0.337 e. The lowest BCUT2D eigenvalue weighted by molar-refractivity contribution is -0.119. The van der Waals surface area contributed by atoms with Crippen molar-refractivity contribution in [1.29, 1.82) is 0 Å². The first-order chi connectivity index (χ1) is 12.1.